The molecule has 0 aliphatic carbocycles. The molecule has 1 aromatic heterocycles. The van der Waals surface area contributed by atoms with Gasteiger partial charge in [0.25, 0.3) is 0 Å². The molecular formula is C10H15N3OS. The van der Waals surface area contributed by atoms with Gasteiger partial charge in [0.15, 0.2) is 5.13 Å². The Morgan fingerprint density at radius 3 is 3.07 bits per heavy atom. The highest BCUT2D eigenvalue weighted by atomic mass is 32.1. The van der Waals surface area contributed by atoms with Crippen molar-refractivity contribution in [2.75, 3.05) is 18.9 Å². The number of thiazole rings is 1. The first-order valence-electron chi connectivity index (χ1n) is 5.16. The number of hydrogen-bond donors (Lipinski definition) is 1. The number of aromatic nitrogens is 1. The van der Waals surface area contributed by atoms with Crippen LogP contribution in [0.2, 0.25) is 0 Å². The van der Waals surface area contributed by atoms with Crippen molar-refractivity contribution in [3.05, 3.63) is 11.1 Å². The van der Waals surface area contributed by atoms with E-state index in [1.807, 2.05) is 12.4 Å². The molecule has 2 heterocycles. The van der Waals surface area contributed by atoms with Gasteiger partial charge < -0.3 is 10.2 Å². The molecule has 1 unspecified atom stereocenters. The van der Waals surface area contributed by atoms with Gasteiger partial charge >= 0.3 is 0 Å². The zero-order valence-electron chi connectivity index (χ0n) is 8.99. The summed E-state index contributed by atoms with van der Waals surface area (Å²) in [6.07, 6.45) is 1.81. The van der Waals surface area contributed by atoms with Crippen LogP contribution in [0, 0.1) is 0 Å². The van der Waals surface area contributed by atoms with Crippen LogP contribution in [0.15, 0.2) is 5.38 Å². The number of anilines is 1. The van der Waals surface area contributed by atoms with Gasteiger partial charge in [-0.2, -0.15) is 0 Å². The number of nitrogens with zero attached hydrogens (tertiary/aromatic N) is 2. The lowest BCUT2D eigenvalue weighted by Crippen LogP contribution is -2.30. The molecular weight excluding hydrogens is 210 g/mol. The maximum atomic E-state index is 11.6. The topological polar surface area (TPSA) is 45.2 Å². The summed E-state index contributed by atoms with van der Waals surface area (Å²) in [7, 11) is 1.84. The van der Waals surface area contributed by atoms with Crippen LogP contribution in [0.3, 0.4) is 0 Å². The van der Waals surface area contributed by atoms with Crippen LogP contribution in [0.25, 0.3) is 0 Å². The number of aryl methyl sites for hydroxylation is 1. The third kappa shape index (κ3) is 2.12. The van der Waals surface area contributed by atoms with Crippen LogP contribution in [0.4, 0.5) is 5.13 Å². The average Bonchev–Trinajstić information content (AvgIpc) is 2.80. The van der Waals surface area contributed by atoms with Gasteiger partial charge in [0.05, 0.1) is 5.69 Å². The van der Waals surface area contributed by atoms with Gasteiger partial charge in [0.2, 0.25) is 5.91 Å². The summed E-state index contributed by atoms with van der Waals surface area (Å²) in [4.78, 5) is 17.8. The Morgan fingerprint density at radius 1 is 1.73 bits per heavy atom. The Hall–Kier alpha value is -1.10. The van der Waals surface area contributed by atoms with Crippen LogP contribution >= 0.6 is 11.3 Å². The van der Waals surface area contributed by atoms with Crippen molar-refractivity contribution in [3.8, 4) is 0 Å². The van der Waals surface area contributed by atoms with Crippen molar-refractivity contribution >= 4 is 22.4 Å². The van der Waals surface area contributed by atoms with Crippen LogP contribution < -0.4 is 5.32 Å². The third-order valence-electron chi connectivity index (χ3n) is 2.64. The molecule has 0 spiro atoms. The Morgan fingerprint density at radius 2 is 2.53 bits per heavy atom. The highest BCUT2D eigenvalue weighted by molar-refractivity contribution is 7.13. The Labute approximate surface area is 93.3 Å². The second-order valence-corrected chi connectivity index (χ2v) is 4.60. The molecule has 5 heteroatoms. The summed E-state index contributed by atoms with van der Waals surface area (Å²) in [5.41, 5.74) is 1.08. The van der Waals surface area contributed by atoms with Crippen LogP contribution in [-0.2, 0) is 11.2 Å². The molecule has 1 aliphatic rings. The van der Waals surface area contributed by atoms with E-state index in [0.717, 1.165) is 30.2 Å². The van der Waals surface area contributed by atoms with Crippen molar-refractivity contribution in [2.24, 2.45) is 0 Å². The molecule has 1 amide bonds. The standard InChI is InChI=1S/C10H15N3OS/c1-3-7-6-15-10(11-7)12-8-4-5-13(2)9(8)14/h6,8H,3-5H2,1-2H3,(H,11,12). The van der Waals surface area contributed by atoms with E-state index in [9.17, 15) is 4.79 Å². The fraction of sp³-hybridized carbons (Fsp3) is 0.600. The fourth-order valence-electron chi connectivity index (χ4n) is 1.64. The van der Waals surface area contributed by atoms with Gasteiger partial charge in [-0.15, -0.1) is 11.3 Å². The summed E-state index contributed by atoms with van der Waals surface area (Å²) in [5.74, 6) is 0.170. The smallest absolute Gasteiger partial charge is 0.244 e. The van der Waals surface area contributed by atoms with E-state index in [0.29, 0.717) is 0 Å². The van der Waals surface area contributed by atoms with Gasteiger partial charge in [-0.25, -0.2) is 4.98 Å². The number of rotatable bonds is 3. The minimum Gasteiger partial charge on any atom is -0.350 e. The van der Waals surface area contributed by atoms with E-state index in [1.165, 1.54) is 0 Å². The molecule has 1 N–H and O–H groups in total. The predicted molar refractivity (Wildman–Crippen MR) is 61.2 cm³/mol. The Balaban J connectivity index is 2.00. The van der Waals surface area contributed by atoms with Gasteiger partial charge in [0, 0.05) is 19.0 Å². The normalized spacial score (nSPS) is 21.1. The first kappa shape index (κ1) is 10.4. The van der Waals surface area contributed by atoms with Crippen LogP contribution in [-0.4, -0.2) is 35.4 Å². The zero-order chi connectivity index (χ0) is 10.8. The summed E-state index contributed by atoms with van der Waals surface area (Å²) in [5, 5.41) is 6.09. The van der Waals surface area contributed by atoms with E-state index in [2.05, 4.69) is 17.2 Å². The van der Waals surface area contributed by atoms with Gasteiger partial charge in [0.1, 0.15) is 6.04 Å². The highest BCUT2D eigenvalue weighted by Crippen LogP contribution is 2.20. The molecule has 1 atom stereocenters. The monoisotopic (exact) mass is 225 g/mol. The van der Waals surface area contributed by atoms with Gasteiger partial charge in [-0.1, -0.05) is 6.92 Å². The SMILES string of the molecule is CCc1csc(NC2CCN(C)C2=O)n1. The third-order valence-corrected chi connectivity index (χ3v) is 3.46. The van der Waals surface area contributed by atoms with E-state index < -0.39 is 0 Å². The minimum absolute atomic E-state index is 0.0779. The Kier molecular flexibility index (Phi) is 2.90. The zero-order valence-corrected chi connectivity index (χ0v) is 9.80. The number of likely N-dealkylation sites (N-methyl/N-ethyl adjacent to an activating group) is 1. The molecule has 15 heavy (non-hydrogen) atoms. The van der Waals surface area contributed by atoms with Crippen molar-refractivity contribution in [3.63, 3.8) is 0 Å². The maximum Gasteiger partial charge on any atom is 0.244 e. The Bertz CT molecular complexity index is 363. The minimum atomic E-state index is -0.0779. The van der Waals surface area contributed by atoms with Crippen LogP contribution in [0.5, 0.6) is 0 Å². The first-order chi connectivity index (χ1) is 7.20. The number of carbonyl (C=O) groups is 1. The van der Waals surface area contributed by atoms with E-state index >= 15 is 0 Å². The van der Waals surface area contributed by atoms with Crippen molar-refractivity contribution in [2.45, 2.75) is 25.8 Å². The average molecular weight is 225 g/mol. The van der Waals surface area contributed by atoms with Gasteiger partial charge in [-0.05, 0) is 12.8 Å². The van der Waals surface area contributed by atoms with E-state index in [-0.39, 0.29) is 11.9 Å². The molecule has 1 saturated heterocycles. The molecule has 82 valence electrons. The van der Waals surface area contributed by atoms with Crippen molar-refractivity contribution in [1.29, 1.82) is 0 Å². The molecule has 1 aromatic rings. The van der Waals surface area contributed by atoms with Crippen molar-refractivity contribution in [1.82, 2.24) is 9.88 Å². The van der Waals surface area contributed by atoms with E-state index in [4.69, 9.17) is 0 Å². The summed E-state index contributed by atoms with van der Waals surface area (Å²) >= 11 is 1.57. The summed E-state index contributed by atoms with van der Waals surface area (Å²) in [6.45, 7) is 2.91. The second kappa shape index (κ2) is 4.18. The summed E-state index contributed by atoms with van der Waals surface area (Å²) in [6, 6.07) is -0.0779. The van der Waals surface area contributed by atoms with Gasteiger partial charge in [-0.3, -0.25) is 4.79 Å². The molecule has 0 bridgehead atoms. The van der Waals surface area contributed by atoms with E-state index in [1.54, 1.807) is 16.2 Å². The lowest BCUT2D eigenvalue weighted by Gasteiger charge is -2.10. The molecule has 0 aromatic carbocycles. The number of nitrogens with one attached hydrogen (secondary N) is 1. The highest BCUT2D eigenvalue weighted by Gasteiger charge is 2.29. The predicted octanol–water partition coefficient (Wildman–Crippen LogP) is 1.35. The molecule has 1 aliphatic heterocycles. The first-order valence-corrected chi connectivity index (χ1v) is 6.04. The number of hydrogen-bond acceptors (Lipinski definition) is 4. The lowest BCUT2D eigenvalue weighted by atomic mass is 10.2. The maximum absolute atomic E-state index is 11.6. The second-order valence-electron chi connectivity index (χ2n) is 3.74. The fourth-order valence-corrected chi connectivity index (χ4v) is 2.49. The molecule has 0 radical (unpaired) electrons. The van der Waals surface area contributed by atoms with Crippen molar-refractivity contribution < 1.29 is 4.79 Å². The molecule has 1 fully saturated rings. The van der Waals surface area contributed by atoms with Crippen LogP contribution in [0.1, 0.15) is 19.0 Å². The number of likely N-dealkylation sites (tertiary alicyclic amines) is 1. The number of amides is 1. The lowest BCUT2D eigenvalue weighted by molar-refractivity contribution is -0.127. The summed E-state index contributed by atoms with van der Waals surface area (Å²) < 4.78 is 0. The molecule has 4 nitrogen and oxygen atoms in total. The molecule has 2 rings (SSSR count). The number of carbonyl (C=O) groups excluding carboxylic acids is 1. The quantitative estimate of drug-likeness (QED) is 0.844. The largest absolute Gasteiger partial charge is 0.350 e. The molecule has 0 saturated carbocycles.